The van der Waals surface area contributed by atoms with Gasteiger partial charge in [0.15, 0.2) is 5.78 Å². The third-order valence-corrected chi connectivity index (χ3v) is 6.31. The minimum absolute atomic E-state index is 0.0373. The van der Waals surface area contributed by atoms with Crippen molar-refractivity contribution in [2.24, 2.45) is 5.73 Å². The number of hydrogen-bond donors (Lipinski definition) is 2. The molecule has 2 rings (SSSR count). The summed E-state index contributed by atoms with van der Waals surface area (Å²) in [7, 11) is 0. The van der Waals surface area contributed by atoms with E-state index in [0.29, 0.717) is 22.1 Å². The van der Waals surface area contributed by atoms with Crippen LogP contribution in [-0.2, 0) is 0 Å². The quantitative estimate of drug-likeness (QED) is 0.810. The number of carbonyl (C=O) groups is 2. The van der Waals surface area contributed by atoms with E-state index in [2.05, 4.69) is 11.8 Å². The van der Waals surface area contributed by atoms with Crippen LogP contribution >= 0.6 is 23.1 Å². The molecule has 0 radical (unpaired) electrons. The van der Waals surface area contributed by atoms with Gasteiger partial charge in [-0.15, -0.1) is 11.3 Å². The first-order valence-electron chi connectivity index (χ1n) is 7.11. The molecule has 0 bridgehead atoms. The van der Waals surface area contributed by atoms with Crippen LogP contribution in [0.2, 0.25) is 0 Å². The summed E-state index contributed by atoms with van der Waals surface area (Å²) in [6.45, 7) is 5.66. The first-order valence-corrected chi connectivity index (χ1v) is 8.97. The summed E-state index contributed by atoms with van der Waals surface area (Å²) >= 11 is 3.25. The number of anilines is 2. The van der Waals surface area contributed by atoms with Gasteiger partial charge in [0.1, 0.15) is 5.00 Å². The average molecular weight is 327 g/mol. The second kappa shape index (κ2) is 6.70. The highest BCUT2D eigenvalue weighted by molar-refractivity contribution is 8.00. The van der Waals surface area contributed by atoms with Gasteiger partial charge in [-0.25, -0.2) is 0 Å². The Morgan fingerprint density at radius 1 is 1.38 bits per heavy atom. The molecule has 116 valence electrons. The van der Waals surface area contributed by atoms with E-state index in [0.717, 1.165) is 30.3 Å². The Bertz CT molecular complexity index is 557. The molecular weight excluding hydrogens is 306 g/mol. The molecule has 5 nitrogen and oxygen atoms in total. The number of ketones is 1. The number of nitrogens with two attached hydrogens (primary N) is 2. The number of primary amides is 1. The van der Waals surface area contributed by atoms with E-state index in [4.69, 9.17) is 11.5 Å². The van der Waals surface area contributed by atoms with Crippen molar-refractivity contribution in [3.05, 3.63) is 10.4 Å². The van der Waals surface area contributed by atoms with Crippen LogP contribution in [0.5, 0.6) is 0 Å². The summed E-state index contributed by atoms with van der Waals surface area (Å²) in [5.41, 5.74) is 12.1. The fraction of sp³-hybridized carbons (Fsp3) is 0.571. The van der Waals surface area contributed by atoms with Crippen molar-refractivity contribution in [2.75, 3.05) is 29.5 Å². The lowest BCUT2D eigenvalue weighted by atomic mass is 10.1. The van der Waals surface area contributed by atoms with Crippen molar-refractivity contribution in [2.45, 2.75) is 31.9 Å². The van der Waals surface area contributed by atoms with Gasteiger partial charge in [0.2, 0.25) is 0 Å². The summed E-state index contributed by atoms with van der Waals surface area (Å²) in [6.07, 6.45) is 1.45. The molecule has 21 heavy (non-hydrogen) atoms. The monoisotopic (exact) mass is 327 g/mol. The van der Waals surface area contributed by atoms with Gasteiger partial charge in [-0.1, -0.05) is 13.8 Å². The summed E-state index contributed by atoms with van der Waals surface area (Å²) < 4.78 is 0. The molecule has 1 unspecified atom stereocenters. The molecule has 0 aromatic carbocycles. The van der Waals surface area contributed by atoms with E-state index >= 15 is 0 Å². The number of amides is 1. The Balaban J connectivity index is 2.42. The Morgan fingerprint density at radius 2 is 2.10 bits per heavy atom. The molecule has 0 spiro atoms. The fourth-order valence-electron chi connectivity index (χ4n) is 2.41. The van der Waals surface area contributed by atoms with E-state index in [1.165, 1.54) is 11.3 Å². The lowest BCUT2D eigenvalue weighted by Gasteiger charge is -2.33. The highest BCUT2D eigenvalue weighted by atomic mass is 32.2. The number of hydrogen-bond acceptors (Lipinski definition) is 6. The maximum absolute atomic E-state index is 12.0. The number of thioether (sulfide) groups is 1. The Morgan fingerprint density at radius 3 is 2.67 bits per heavy atom. The minimum atomic E-state index is -0.555. The van der Waals surface area contributed by atoms with Crippen molar-refractivity contribution in [3.8, 4) is 0 Å². The molecule has 0 aliphatic carbocycles. The highest BCUT2D eigenvalue weighted by Gasteiger charge is 2.29. The molecule has 1 aliphatic rings. The highest BCUT2D eigenvalue weighted by Crippen LogP contribution is 2.40. The van der Waals surface area contributed by atoms with Gasteiger partial charge in [-0.3, -0.25) is 9.59 Å². The summed E-state index contributed by atoms with van der Waals surface area (Å²) in [5, 5.41) is 1.30. The van der Waals surface area contributed by atoms with Crippen LogP contribution in [0, 0.1) is 0 Å². The first-order chi connectivity index (χ1) is 9.99. The van der Waals surface area contributed by atoms with Gasteiger partial charge in [0.25, 0.3) is 5.91 Å². The van der Waals surface area contributed by atoms with E-state index in [-0.39, 0.29) is 11.5 Å². The lowest BCUT2D eigenvalue weighted by molar-refractivity contribution is 0.0991. The average Bonchev–Trinajstić information content (AvgIpc) is 2.84. The maximum Gasteiger partial charge on any atom is 0.253 e. The van der Waals surface area contributed by atoms with Gasteiger partial charge in [-0.05, 0) is 6.42 Å². The zero-order chi connectivity index (χ0) is 15.6. The third-order valence-electron chi connectivity index (χ3n) is 3.63. The molecule has 4 N–H and O–H groups in total. The summed E-state index contributed by atoms with van der Waals surface area (Å²) in [6, 6.07) is 0. The molecule has 1 atom stereocenters. The van der Waals surface area contributed by atoms with E-state index in [1.807, 2.05) is 11.8 Å². The molecular formula is C14H21N3O2S2. The van der Waals surface area contributed by atoms with Crippen molar-refractivity contribution in [3.63, 3.8) is 0 Å². The standard InChI is InChI=1S/C14H21N3O2S2/c1-3-8-7-17(5-6-20-8)14-10(13(16)19)11(15)12(21-14)9(18)4-2/h8H,3-7,15H2,1-2H3,(H2,16,19). The Hall–Kier alpha value is -1.21. The molecule has 2 heterocycles. The normalized spacial score (nSPS) is 18.8. The fourth-order valence-corrected chi connectivity index (χ4v) is 4.86. The molecule has 1 amide bonds. The Kier molecular flexibility index (Phi) is 5.16. The largest absolute Gasteiger partial charge is 0.397 e. The predicted molar refractivity (Wildman–Crippen MR) is 90.6 cm³/mol. The van der Waals surface area contributed by atoms with Crippen molar-refractivity contribution >= 4 is 45.5 Å². The van der Waals surface area contributed by atoms with E-state index < -0.39 is 5.91 Å². The zero-order valence-electron chi connectivity index (χ0n) is 12.3. The second-order valence-corrected chi connectivity index (χ2v) is 7.42. The van der Waals surface area contributed by atoms with Crippen LogP contribution in [0.15, 0.2) is 0 Å². The van der Waals surface area contributed by atoms with Crippen LogP contribution in [0.4, 0.5) is 10.7 Å². The molecule has 1 aliphatic heterocycles. The van der Waals surface area contributed by atoms with Crippen LogP contribution in [0.25, 0.3) is 0 Å². The molecule has 1 fully saturated rings. The second-order valence-electron chi connectivity index (χ2n) is 5.01. The lowest BCUT2D eigenvalue weighted by Crippen LogP contribution is -2.38. The van der Waals surface area contributed by atoms with Crippen LogP contribution in [0.1, 0.15) is 46.7 Å². The Labute approximate surface area is 133 Å². The van der Waals surface area contributed by atoms with Gasteiger partial charge in [0, 0.05) is 30.5 Å². The molecule has 1 saturated heterocycles. The molecule has 1 aromatic rings. The predicted octanol–water partition coefficient (Wildman–Crippen LogP) is 2.35. The van der Waals surface area contributed by atoms with Crippen molar-refractivity contribution < 1.29 is 9.59 Å². The van der Waals surface area contributed by atoms with Gasteiger partial charge in [-0.2, -0.15) is 11.8 Å². The number of rotatable bonds is 5. The van der Waals surface area contributed by atoms with Crippen LogP contribution in [-0.4, -0.2) is 35.8 Å². The SMILES string of the molecule is CCC(=O)c1sc(N2CCSC(CC)C2)c(C(N)=O)c1N. The van der Waals surface area contributed by atoms with Gasteiger partial charge >= 0.3 is 0 Å². The van der Waals surface area contributed by atoms with E-state index in [9.17, 15) is 9.59 Å². The number of carbonyl (C=O) groups excluding carboxylic acids is 2. The van der Waals surface area contributed by atoms with Crippen LogP contribution < -0.4 is 16.4 Å². The number of nitrogens with zero attached hydrogens (tertiary/aromatic N) is 1. The first kappa shape index (κ1) is 16.2. The number of thiophene rings is 1. The maximum atomic E-state index is 12.0. The minimum Gasteiger partial charge on any atom is -0.397 e. The summed E-state index contributed by atoms with van der Waals surface area (Å²) in [5.74, 6) is 0.413. The third kappa shape index (κ3) is 3.18. The van der Waals surface area contributed by atoms with E-state index in [1.54, 1.807) is 6.92 Å². The van der Waals surface area contributed by atoms with Crippen molar-refractivity contribution in [1.82, 2.24) is 0 Å². The molecule has 1 aromatic heterocycles. The molecule has 7 heteroatoms. The molecule has 0 saturated carbocycles. The van der Waals surface area contributed by atoms with Gasteiger partial charge < -0.3 is 16.4 Å². The van der Waals surface area contributed by atoms with Crippen molar-refractivity contribution in [1.29, 1.82) is 0 Å². The van der Waals surface area contributed by atoms with Crippen LogP contribution in [0.3, 0.4) is 0 Å². The number of Topliss-reactive ketones (excluding diaryl/α,β-unsaturated/α-hetero) is 1. The summed E-state index contributed by atoms with van der Waals surface area (Å²) in [4.78, 5) is 26.4. The zero-order valence-corrected chi connectivity index (χ0v) is 14.0. The smallest absolute Gasteiger partial charge is 0.253 e. The number of nitrogen functional groups attached to an aromatic ring is 1. The van der Waals surface area contributed by atoms with Gasteiger partial charge in [0.05, 0.1) is 16.1 Å². The topological polar surface area (TPSA) is 89.4 Å².